The fraction of sp³-hybridized carbons (Fsp3) is 0.524. The zero-order chi connectivity index (χ0) is 19.7. The van der Waals surface area contributed by atoms with Gasteiger partial charge in [-0.2, -0.15) is 5.10 Å². The number of carbonyl (C=O) groups is 1. The van der Waals surface area contributed by atoms with Crippen molar-refractivity contribution < 1.29 is 13.9 Å². The van der Waals surface area contributed by atoms with E-state index in [0.717, 1.165) is 43.0 Å². The summed E-state index contributed by atoms with van der Waals surface area (Å²) in [7, 11) is 0. The minimum absolute atomic E-state index is 0.0750. The van der Waals surface area contributed by atoms with Gasteiger partial charge < -0.3 is 4.74 Å². The van der Waals surface area contributed by atoms with Crippen LogP contribution in [0.3, 0.4) is 0 Å². The molecule has 0 radical (unpaired) electrons. The van der Waals surface area contributed by atoms with E-state index >= 15 is 0 Å². The van der Waals surface area contributed by atoms with Crippen LogP contribution in [0.15, 0.2) is 30.3 Å². The highest BCUT2D eigenvalue weighted by atomic mass is 19.1. The van der Waals surface area contributed by atoms with Gasteiger partial charge in [0.1, 0.15) is 11.9 Å². The minimum Gasteiger partial charge on any atom is -0.442 e. The topological polar surface area (TPSA) is 61.5 Å². The molecule has 0 aliphatic carbocycles. The first-order chi connectivity index (χ1) is 13.5. The van der Waals surface area contributed by atoms with Crippen molar-refractivity contribution in [2.45, 2.75) is 45.4 Å². The molecule has 28 heavy (non-hydrogen) atoms. The summed E-state index contributed by atoms with van der Waals surface area (Å²) in [6.07, 6.45) is 1.34. The molecule has 6 nitrogen and oxygen atoms in total. The Morgan fingerprint density at radius 3 is 2.82 bits per heavy atom. The third-order valence-corrected chi connectivity index (χ3v) is 5.45. The summed E-state index contributed by atoms with van der Waals surface area (Å²) in [4.78, 5) is 16.4. The number of likely N-dealkylation sites (tertiary alicyclic amines) is 1. The molecule has 2 aliphatic heterocycles. The molecule has 0 bridgehead atoms. The number of hydrogen-bond donors (Lipinski definition) is 1. The van der Waals surface area contributed by atoms with Crippen molar-refractivity contribution in [1.29, 1.82) is 0 Å². The van der Waals surface area contributed by atoms with Crippen LogP contribution < -0.4 is 0 Å². The number of nitrogens with zero attached hydrogens (tertiary/aromatic N) is 3. The number of aromatic amines is 1. The molecular weight excluding hydrogens is 359 g/mol. The van der Waals surface area contributed by atoms with Crippen LogP contribution in [0.1, 0.15) is 30.8 Å². The number of ether oxygens (including phenoxy) is 1. The molecule has 2 fully saturated rings. The molecule has 2 aromatic rings. The molecule has 0 saturated carbocycles. The number of aromatic nitrogens is 2. The number of benzene rings is 1. The zero-order valence-electron chi connectivity index (χ0n) is 16.4. The van der Waals surface area contributed by atoms with E-state index in [2.05, 4.69) is 35.0 Å². The number of carbonyl (C=O) groups excluding carboxylic acids is 1. The van der Waals surface area contributed by atoms with E-state index in [1.807, 2.05) is 4.90 Å². The van der Waals surface area contributed by atoms with E-state index in [0.29, 0.717) is 18.9 Å². The van der Waals surface area contributed by atoms with Gasteiger partial charge in [0.15, 0.2) is 0 Å². The molecule has 1 N–H and O–H groups in total. The van der Waals surface area contributed by atoms with E-state index in [4.69, 9.17) is 4.74 Å². The highest BCUT2D eigenvalue weighted by molar-refractivity contribution is 5.71. The second-order valence-corrected chi connectivity index (χ2v) is 8.24. The SMILES string of the molecule is CC(C)Cc1cc(CN2C[C@H]3OC(=O)N(CCc4ccc(F)cc4)[C@H]3C2)[nH]n1. The Hall–Kier alpha value is -2.41. The second-order valence-electron chi connectivity index (χ2n) is 8.24. The summed E-state index contributed by atoms with van der Waals surface area (Å²) in [6, 6.07) is 8.65. The summed E-state index contributed by atoms with van der Waals surface area (Å²) in [5.41, 5.74) is 3.21. The van der Waals surface area contributed by atoms with E-state index in [9.17, 15) is 9.18 Å². The molecule has 1 aromatic heterocycles. The maximum Gasteiger partial charge on any atom is 0.410 e. The highest BCUT2D eigenvalue weighted by Gasteiger charge is 2.47. The summed E-state index contributed by atoms with van der Waals surface area (Å²) >= 11 is 0. The lowest BCUT2D eigenvalue weighted by atomic mass is 10.1. The third-order valence-electron chi connectivity index (χ3n) is 5.45. The number of halogens is 1. The molecule has 1 aromatic carbocycles. The summed E-state index contributed by atoms with van der Waals surface area (Å²) in [6.45, 7) is 7.26. The van der Waals surface area contributed by atoms with Gasteiger partial charge in [-0.25, -0.2) is 9.18 Å². The smallest absolute Gasteiger partial charge is 0.410 e. The molecule has 2 atom stereocenters. The lowest BCUT2D eigenvalue weighted by molar-refractivity contribution is 0.120. The van der Waals surface area contributed by atoms with Crippen molar-refractivity contribution in [3.05, 3.63) is 53.1 Å². The maximum atomic E-state index is 13.1. The molecule has 0 spiro atoms. The number of H-pyrrole nitrogens is 1. The summed E-state index contributed by atoms with van der Waals surface area (Å²) < 4.78 is 18.6. The lowest BCUT2D eigenvalue weighted by Gasteiger charge is -2.22. The maximum absolute atomic E-state index is 13.1. The van der Waals surface area contributed by atoms with Crippen molar-refractivity contribution in [2.75, 3.05) is 19.6 Å². The van der Waals surface area contributed by atoms with Crippen molar-refractivity contribution in [2.24, 2.45) is 5.92 Å². The predicted octanol–water partition coefficient (Wildman–Crippen LogP) is 3.00. The van der Waals surface area contributed by atoms with E-state index < -0.39 is 0 Å². The molecule has 3 heterocycles. The monoisotopic (exact) mass is 386 g/mol. The van der Waals surface area contributed by atoms with E-state index in [1.165, 1.54) is 12.1 Å². The van der Waals surface area contributed by atoms with E-state index in [1.54, 1.807) is 12.1 Å². The first-order valence-electron chi connectivity index (χ1n) is 9.95. The number of hydrogen-bond acceptors (Lipinski definition) is 4. The summed E-state index contributed by atoms with van der Waals surface area (Å²) in [5.74, 6) is 0.336. The minimum atomic E-state index is -0.244. The van der Waals surface area contributed by atoms with Gasteiger partial charge in [0.25, 0.3) is 0 Å². The molecule has 2 aliphatic rings. The van der Waals surface area contributed by atoms with Crippen LogP contribution >= 0.6 is 0 Å². The molecule has 7 heteroatoms. The third kappa shape index (κ3) is 4.19. The van der Waals surface area contributed by atoms with Crippen molar-refractivity contribution in [3.63, 3.8) is 0 Å². The Bertz CT molecular complexity index is 820. The second kappa shape index (κ2) is 7.91. The van der Waals surface area contributed by atoms with Gasteiger partial charge in [-0.1, -0.05) is 26.0 Å². The molecular formula is C21H27FN4O2. The van der Waals surface area contributed by atoms with Gasteiger partial charge in [0.05, 0.1) is 11.7 Å². The lowest BCUT2D eigenvalue weighted by Crippen LogP contribution is -2.39. The zero-order valence-corrected chi connectivity index (χ0v) is 16.4. The Kier molecular flexibility index (Phi) is 5.35. The van der Waals surface area contributed by atoms with Crippen molar-refractivity contribution >= 4 is 6.09 Å². The van der Waals surface area contributed by atoms with Crippen LogP contribution in [0.2, 0.25) is 0 Å². The van der Waals surface area contributed by atoms with Gasteiger partial charge in [0, 0.05) is 31.9 Å². The Morgan fingerprint density at radius 2 is 2.07 bits per heavy atom. The van der Waals surface area contributed by atoms with Crippen molar-refractivity contribution in [1.82, 2.24) is 20.0 Å². The number of nitrogens with one attached hydrogen (secondary N) is 1. The Morgan fingerprint density at radius 1 is 1.29 bits per heavy atom. The molecule has 150 valence electrons. The molecule has 4 rings (SSSR count). The van der Waals surface area contributed by atoms with E-state index in [-0.39, 0.29) is 24.1 Å². The standard InChI is InChI=1S/C21H27FN4O2/c1-14(2)9-17-10-18(24-23-17)11-25-12-19-20(13-25)28-21(27)26(19)8-7-15-3-5-16(22)6-4-15/h3-6,10,14,19-20H,7-9,11-13H2,1-2H3,(H,23,24)/t19-,20+/m0/s1. The highest BCUT2D eigenvalue weighted by Crippen LogP contribution is 2.28. The fourth-order valence-corrected chi connectivity index (χ4v) is 4.12. The average molecular weight is 386 g/mol. The van der Waals surface area contributed by atoms with Gasteiger partial charge >= 0.3 is 6.09 Å². The van der Waals surface area contributed by atoms with Gasteiger partial charge in [0.2, 0.25) is 0 Å². The Labute approximate surface area is 164 Å². The van der Waals surface area contributed by atoms with Crippen LogP contribution in [0.5, 0.6) is 0 Å². The Balaban J connectivity index is 1.33. The average Bonchev–Trinajstić information content (AvgIpc) is 3.30. The molecule has 0 unspecified atom stereocenters. The van der Waals surface area contributed by atoms with Crippen LogP contribution in [-0.2, 0) is 24.1 Å². The fourth-order valence-electron chi connectivity index (χ4n) is 4.12. The van der Waals surface area contributed by atoms with Crippen LogP contribution in [-0.4, -0.2) is 57.9 Å². The van der Waals surface area contributed by atoms with Crippen LogP contribution in [0.25, 0.3) is 0 Å². The summed E-state index contributed by atoms with van der Waals surface area (Å²) in [5, 5.41) is 7.52. The molecule has 1 amide bonds. The predicted molar refractivity (Wildman–Crippen MR) is 103 cm³/mol. The van der Waals surface area contributed by atoms with Gasteiger partial charge in [-0.05, 0) is 42.5 Å². The van der Waals surface area contributed by atoms with Crippen LogP contribution in [0.4, 0.5) is 9.18 Å². The normalized spacial score (nSPS) is 22.1. The first kappa shape index (κ1) is 18.9. The number of rotatable bonds is 7. The molecule has 2 saturated heterocycles. The van der Waals surface area contributed by atoms with Crippen molar-refractivity contribution in [3.8, 4) is 0 Å². The van der Waals surface area contributed by atoms with Gasteiger partial charge in [-0.3, -0.25) is 14.9 Å². The first-order valence-corrected chi connectivity index (χ1v) is 9.95. The number of fused-ring (bicyclic) bond motifs is 1. The largest absolute Gasteiger partial charge is 0.442 e. The quantitative estimate of drug-likeness (QED) is 0.795. The number of amides is 1. The van der Waals surface area contributed by atoms with Gasteiger partial charge in [-0.15, -0.1) is 0 Å². The van der Waals surface area contributed by atoms with Crippen LogP contribution in [0, 0.1) is 11.7 Å².